The van der Waals surface area contributed by atoms with Crippen molar-refractivity contribution in [3.63, 3.8) is 0 Å². The molecule has 1 N–H and O–H groups in total. The largest absolute Gasteiger partial charge is 0.489 e. The van der Waals surface area contributed by atoms with Gasteiger partial charge in [0.1, 0.15) is 30.6 Å². The highest BCUT2D eigenvalue weighted by Gasteiger charge is 2.30. The number of benzene rings is 1. The highest BCUT2D eigenvalue weighted by Crippen LogP contribution is 2.23. The molecule has 1 aromatic carbocycles. The maximum Gasteiger partial charge on any atom is 0.410 e. The summed E-state index contributed by atoms with van der Waals surface area (Å²) in [6.07, 6.45) is 2.38. The van der Waals surface area contributed by atoms with E-state index in [0.29, 0.717) is 13.1 Å². The molecule has 3 rings (SSSR count). The Hall–Kier alpha value is -2.61. The monoisotopic (exact) mass is 380 g/mol. The summed E-state index contributed by atoms with van der Waals surface area (Å²) < 4.78 is 44.0. The Bertz CT molecular complexity index is 749. The highest BCUT2D eigenvalue weighted by molar-refractivity contribution is 5.68. The van der Waals surface area contributed by atoms with Crippen LogP contribution in [0.3, 0.4) is 0 Å². The van der Waals surface area contributed by atoms with E-state index in [0.717, 1.165) is 17.7 Å². The maximum atomic E-state index is 14.3. The third-order valence-electron chi connectivity index (χ3n) is 4.48. The molecule has 0 radical (unpaired) electrons. The summed E-state index contributed by atoms with van der Waals surface area (Å²) in [6.45, 7) is 4.70. The number of carbonyl (C=O) groups is 1. The SMILES string of the molecule is C[C@@H]1CNC[C@H](C)N1C(=O)OCc1c(F)cc(OCc2ccoc2)cc1F. The van der Waals surface area contributed by atoms with Crippen molar-refractivity contribution in [1.29, 1.82) is 0 Å². The predicted octanol–water partition coefficient (Wildman–Crippen LogP) is 3.46. The fraction of sp³-hybridized carbons (Fsp3) is 0.421. The first-order valence-corrected chi connectivity index (χ1v) is 8.73. The first kappa shape index (κ1) is 19.2. The second-order valence-corrected chi connectivity index (χ2v) is 6.60. The maximum absolute atomic E-state index is 14.3. The fourth-order valence-corrected chi connectivity index (χ4v) is 3.04. The first-order valence-electron chi connectivity index (χ1n) is 8.73. The molecule has 27 heavy (non-hydrogen) atoms. The van der Waals surface area contributed by atoms with Crippen LogP contribution in [0.5, 0.6) is 5.75 Å². The molecule has 2 heterocycles. The molecule has 1 aliphatic rings. The predicted molar refractivity (Wildman–Crippen MR) is 93.2 cm³/mol. The van der Waals surface area contributed by atoms with E-state index >= 15 is 0 Å². The van der Waals surface area contributed by atoms with Gasteiger partial charge in [-0.2, -0.15) is 0 Å². The van der Waals surface area contributed by atoms with Gasteiger partial charge in [0, 0.05) is 42.9 Å². The smallest absolute Gasteiger partial charge is 0.410 e. The number of hydrogen-bond donors (Lipinski definition) is 1. The topological polar surface area (TPSA) is 63.9 Å². The van der Waals surface area contributed by atoms with Crippen molar-refractivity contribution >= 4 is 6.09 Å². The van der Waals surface area contributed by atoms with Crippen LogP contribution in [0.15, 0.2) is 35.1 Å². The highest BCUT2D eigenvalue weighted by atomic mass is 19.1. The zero-order valence-corrected chi connectivity index (χ0v) is 15.2. The van der Waals surface area contributed by atoms with Crippen LogP contribution in [-0.2, 0) is 18.0 Å². The molecule has 2 atom stereocenters. The summed E-state index contributed by atoms with van der Waals surface area (Å²) in [5.41, 5.74) is 0.433. The van der Waals surface area contributed by atoms with Crippen molar-refractivity contribution in [2.24, 2.45) is 0 Å². The van der Waals surface area contributed by atoms with Gasteiger partial charge in [-0.15, -0.1) is 0 Å². The van der Waals surface area contributed by atoms with E-state index in [1.54, 1.807) is 11.0 Å². The van der Waals surface area contributed by atoms with Crippen LogP contribution in [0, 0.1) is 11.6 Å². The molecule has 1 saturated heterocycles. The van der Waals surface area contributed by atoms with E-state index < -0.39 is 24.3 Å². The third-order valence-corrected chi connectivity index (χ3v) is 4.48. The summed E-state index contributed by atoms with van der Waals surface area (Å²) in [7, 11) is 0. The second kappa shape index (κ2) is 8.39. The summed E-state index contributed by atoms with van der Waals surface area (Å²) in [5.74, 6) is -1.61. The number of ether oxygens (including phenoxy) is 2. The summed E-state index contributed by atoms with van der Waals surface area (Å²) in [4.78, 5) is 13.9. The van der Waals surface area contributed by atoms with Gasteiger partial charge in [-0.25, -0.2) is 13.6 Å². The molecular formula is C19H22F2N2O4. The Kier molecular flexibility index (Phi) is 5.95. The number of nitrogens with one attached hydrogen (secondary N) is 1. The average Bonchev–Trinajstić information content (AvgIpc) is 3.12. The Morgan fingerprint density at radius 1 is 1.22 bits per heavy atom. The van der Waals surface area contributed by atoms with Crippen LogP contribution in [0.2, 0.25) is 0 Å². The molecule has 1 fully saturated rings. The Balaban J connectivity index is 1.62. The standard InChI is InChI=1S/C19H22F2N2O4/c1-12-7-22-8-13(2)23(12)19(24)27-11-16-17(20)5-15(6-18(16)21)26-10-14-3-4-25-9-14/h3-6,9,12-13,22H,7-8,10-11H2,1-2H3/t12-,13+. The van der Waals surface area contributed by atoms with Crippen LogP contribution in [0.1, 0.15) is 25.0 Å². The van der Waals surface area contributed by atoms with Gasteiger partial charge in [0.2, 0.25) is 0 Å². The number of furan rings is 1. The summed E-state index contributed by atoms with van der Waals surface area (Å²) in [6, 6.07) is 3.72. The van der Waals surface area contributed by atoms with Crippen molar-refractivity contribution in [2.45, 2.75) is 39.1 Å². The summed E-state index contributed by atoms with van der Waals surface area (Å²) >= 11 is 0. The number of piperazine rings is 1. The van der Waals surface area contributed by atoms with Crippen LogP contribution in [-0.4, -0.2) is 36.2 Å². The van der Waals surface area contributed by atoms with Gasteiger partial charge in [-0.3, -0.25) is 0 Å². The van der Waals surface area contributed by atoms with Crippen LogP contribution in [0.25, 0.3) is 0 Å². The first-order chi connectivity index (χ1) is 13.0. The molecule has 0 spiro atoms. The molecule has 6 nitrogen and oxygen atoms in total. The van der Waals surface area contributed by atoms with E-state index in [-0.39, 0.29) is 30.0 Å². The van der Waals surface area contributed by atoms with Crippen molar-refractivity contribution < 1.29 is 27.5 Å². The lowest BCUT2D eigenvalue weighted by atomic mass is 10.1. The fourth-order valence-electron chi connectivity index (χ4n) is 3.04. The quantitative estimate of drug-likeness (QED) is 0.861. The molecule has 2 aromatic rings. The lowest BCUT2D eigenvalue weighted by molar-refractivity contribution is 0.0551. The second-order valence-electron chi connectivity index (χ2n) is 6.60. The van der Waals surface area contributed by atoms with Crippen LogP contribution in [0.4, 0.5) is 13.6 Å². The lowest BCUT2D eigenvalue weighted by Gasteiger charge is -2.38. The number of nitrogens with zero attached hydrogens (tertiary/aromatic N) is 1. The Morgan fingerprint density at radius 2 is 1.89 bits per heavy atom. The number of carbonyl (C=O) groups excluding carboxylic acids is 1. The van der Waals surface area contributed by atoms with Gasteiger partial charge in [0.05, 0.1) is 18.1 Å². The van der Waals surface area contributed by atoms with Gasteiger partial charge in [0.25, 0.3) is 0 Å². The van der Waals surface area contributed by atoms with E-state index in [1.807, 2.05) is 13.8 Å². The van der Waals surface area contributed by atoms with E-state index in [4.69, 9.17) is 13.9 Å². The van der Waals surface area contributed by atoms with Crippen molar-refractivity contribution in [3.05, 3.63) is 53.5 Å². The molecule has 1 amide bonds. The molecule has 146 valence electrons. The molecule has 0 bridgehead atoms. The molecule has 1 aromatic heterocycles. The van der Waals surface area contributed by atoms with Gasteiger partial charge in [-0.1, -0.05) is 0 Å². The minimum absolute atomic E-state index is 0.0469. The van der Waals surface area contributed by atoms with Gasteiger partial charge in [0.15, 0.2) is 0 Å². The molecular weight excluding hydrogens is 358 g/mol. The van der Waals surface area contributed by atoms with E-state index in [1.165, 1.54) is 12.5 Å². The molecule has 0 saturated carbocycles. The number of hydrogen-bond acceptors (Lipinski definition) is 5. The van der Waals surface area contributed by atoms with Gasteiger partial charge < -0.3 is 24.1 Å². The molecule has 0 aliphatic carbocycles. The molecule has 0 unspecified atom stereocenters. The molecule has 1 aliphatic heterocycles. The van der Waals surface area contributed by atoms with Crippen LogP contribution < -0.4 is 10.1 Å². The van der Waals surface area contributed by atoms with Crippen molar-refractivity contribution in [1.82, 2.24) is 10.2 Å². The number of rotatable bonds is 5. The van der Waals surface area contributed by atoms with Crippen LogP contribution >= 0.6 is 0 Å². The third kappa shape index (κ3) is 4.57. The minimum Gasteiger partial charge on any atom is -0.489 e. The zero-order chi connectivity index (χ0) is 19.4. The van der Waals surface area contributed by atoms with Crippen molar-refractivity contribution in [2.75, 3.05) is 13.1 Å². The average molecular weight is 380 g/mol. The van der Waals surface area contributed by atoms with Gasteiger partial charge >= 0.3 is 6.09 Å². The van der Waals surface area contributed by atoms with E-state index in [9.17, 15) is 13.6 Å². The number of halogens is 2. The zero-order valence-electron chi connectivity index (χ0n) is 15.2. The lowest BCUT2D eigenvalue weighted by Crippen LogP contribution is -2.57. The molecule has 8 heteroatoms. The van der Waals surface area contributed by atoms with Gasteiger partial charge in [-0.05, 0) is 19.9 Å². The Morgan fingerprint density at radius 3 is 2.48 bits per heavy atom. The van der Waals surface area contributed by atoms with E-state index in [2.05, 4.69) is 5.32 Å². The Labute approximate surface area is 156 Å². The minimum atomic E-state index is -0.827. The van der Waals surface area contributed by atoms with Crippen molar-refractivity contribution in [3.8, 4) is 5.75 Å². The normalized spacial score (nSPS) is 19.8. The summed E-state index contributed by atoms with van der Waals surface area (Å²) in [5, 5.41) is 3.20. The number of amides is 1.